The van der Waals surface area contributed by atoms with E-state index in [1.165, 1.54) is 50.3 Å². The van der Waals surface area contributed by atoms with Crippen LogP contribution in [0.2, 0.25) is 0 Å². The zero-order valence-corrected chi connectivity index (χ0v) is 11.3. The molecule has 2 heterocycles. The Hall–Kier alpha value is -0.870. The van der Waals surface area contributed by atoms with Crippen molar-refractivity contribution in [3.8, 4) is 0 Å². The van der Waals surface area contributed by atoms with Crippen molar-refractivity contribution in [2.24, 2.45) is 5.92 Å². The summed E-state index contributed by atoms with van der Waals surface area (Å²) in [7, 11) is 0. The van der Waals surface area contributed by atoms with E-state index in [2.05, 4.69) is 27.1 Å². The van der Waals surface area contributed by atoms with E-state index in [1.54, 1.807) is 0 Å². The van der Waals surface area contributed by atoms with E-state index < -0.39 is 0 Å². The van der Waals surface area contributed by atoms with Gasteiger partial charge in [0.2, 0.25) is 0 Å². The monoisotopic (exact) mass is 248 g/mol. The minimum absolute atomic E-state index is 0.575. The van der Waals surface area contributed by atoms with E-state index in [-0.39, 0.29) is 0 Å². The average Bonchev–Trinajstić information content (AvgIpc) is 3.05. The van der Waals surface area contributed by atoms with Gasteiger partial charge in [0.1, 0.15) is 0 Å². The van der Waals surface area contributed by atoms with Gasteiger partial charge in [0.25, 0.3) is 0 Å². The molecule has 1 fully saturated rings. The largest absolute Gasteiger partial charge is 0.347 e. The van der Waals surface area contributed by atoms with Crippen LogP contribution in [0.15, 0.2) is 6.33 Å². The number of H-pyrrole nitrogens is 1. The molecule has 3 rings (SSSR count). The standard InChI is InChI=1S/C14H24N4/c1-2-5-18(8-11-3-4-11)9-12-6-13-14(7-15-12)17-10-16-13/h10-12,15H,2-9H2,1H3,(H,16,17). The van der Waals surface area contributed by atoms with Gasteiger partial charge in [-0.1, -0.05) is 6.92 Å². The summed E-state index contributed by atoms with van der Waals surface area (Å²) in [6.07, 6.45) is 7.04. The highest BCUT2D eigenvalue weighted by Gasteiger charge is 2.27. The highest BCUT2D eigenvalue weighted by atomic mass is 15.2. The molecule has 1 aromatic heterocycles. The molecule has 1 atom stereocenters. The second-order valence-electron chi connectivity index (χ2n) is 5.81. The van der Waals surface area contributed by atoms with Gasteiger partial charge in [-0.25, -0.2) is 4.98 Å². The van der Waals surface area contributed by atoms with Crippen molar-refractivity contribution in [2.75, 3.05) is 19.6 Å². The maximum Gasteiger partial charge on any atom is 0.0925 e. The number of hydrogen-bond acceptors (Lipinski definition) is 3. The molecule has 0 radical (unpaired) electrons. The minimum Gasteiger partial charge on any atom is -0.347 e. The van der Waals surface area contributed by atoms with Gasteiger partial charge >= 0.3 is 0 Å². The van der Waals surface area contributed by atoms with E-state index in [0.29, 0.717) is 6.04 Å². The van der Waals surface area contributed by atoms with Crippen LogP contribution in [0.5, 0.6) is 0 Å². The number of fused-ring (bicyclic) bond motifs is 1. The Morgan fingerprint density at radius 1 is 1.39 bits per heavy atom. The molecule has 0 saturated heterocycles. The van der Waals surface area contributed by atoms with Gasteiger partial charge in [0.05, 0.1) is 17.7 Å². The molecule has 0 spiro atoms. The van der Waals surface area contributed by atoms with Crippen LogP contribution in [0.25, 0.3) is 0 Å². The van der Waals surface area contributed by atoms with Crippen molar-refractivity contribution in [1.29, 1.82) is 0 Å². The van der Waals surface area contributed by atoms with Crippen LogP contribution in [-0.4, -0.2) is 40.5 Å². The van der Waals surface area contributed by atoms with Crippen LogP contribution >= 0.6 is 0 Å². The predicted molar refractivity (Wildman–Crippen MR) is 72.4 cm³/mol. The molecule has 2 aliphatic rings. The first-order chi connectivity index (χ1) is 8.85. The Morgan fingerprint density at radius 2 is 2.28 bits per heavy atom. The molecule has 1 unspecified atom stereocenters. The van der Waals surface area contributed by atoms with Gasteiger partial charge < -0.3 is 15.2 Å². The third-order valence-corrected chi connectivity index (χ3v) is 4.05. The van der Waals surface area contributed by atoms with E-state index in [4.69, 9.17) is 0 Å². The van der Waals surface area contributed by atoms with Crippen LogP contribution in [0.1, 0.15) is 37.6 Å². The van der Waals surface area contributed by atoms with Crippen molar-refractivity contribution in [2.45, 2.75) is 45.2 Å². The molecule has 4 heteroatoms. The summed E-state index contributed by atoms with van der Waals surface area (Å²) in [5.74, 6) is 0.987. The summed E-state index contributed by atoms with van der Waals surface area (Å²) >= 11 is 0. The fourth-order valence-electron chi connectivity index (χ4n) is 2.91. The Bertz CT molecular complexity index is 383. The summed E-state index contributed by atoms with van der Waals surface area (Å²) in [5.41, 5.74) is 2.54. The maximum atomic E-state index is 4.42. The summed E-state index contributed by atoms with van der Waals surface area (Å²) < 4.78 is 0. The lowest BCUT2D eigenvalue weighted by atomic mass is 10.0. The third kappa shape index (κ3) is 2.93. The Balaban J connectivity index is 1.54. The lowest BCUT2D eigenvalue weighted by molar-refractivity contribution is 0.227. The van der Waals surface area contributed by atoms with Crippen molar-refractivity contribution in [3.05, 3.63) is 17.7 Å². The Labute approximate surface area is 109 Å². The van der Waals surface area contributed by atoms with Gasteiger partial charge in [0, 0.05) is 32.1 Å². The van der Waals surface area contributed by atoms with Crippen molar-refractivity contribution >= 4 is 0 Å². The molecular formula is C14H24N4. The van der Waals surface area contributed by atoms with Crippen LogP contribution in [0, 0.1) is 5.92 Å². The fraction of sp³-hybridized carbons (Fsp3) is 0.786. The molecule has 1 saturated carbocycles. The molecule has 1 aromatic rings. The van der Waals surface area contributed by atoms with E-state index in [0.717, 1.165) is 18.9 Å². The smallest absolute Gasteiger partial charge is 0.0925 e. The zero-order valence-electron chi connectivity index (χ0n) is 11.3. The number of aromatic amines is 1. The Kier molecular flexibility index (Phi) is 3.66. The van der Waals surface area contributed by atoms with Crippen molar-refractivity contribution in [3.63, 3.8) is 0 Å². The summed E-state index contributed by atoms with van der Waals surface area (Å²) in [6.45, 7) is 6.95. The van der Waals surface area contributed by atoms with Gasteiger partial charge in [-0.05, 0) is 31.7 Å². The molecular weight excluding hydrogens is 224 g/mol. The highest BCUT2D eigenvalue weighted by Crippen LogP contribution is 2.30. The number of rotatable bonds is 6. The SMILES string of the molecule is CCCN(CC1CC1)CC1Cc2nc[nH]c2CN1. The lowest BCUT2D eigenvalue weighted by Crippen LogP contribution is -2.45. The average molecular weight is 248 g/mol. The quantitative estimate of drug-likeness (QED) is 0.803. The lowest BCUT2D eigenvalue weighted by Gasteiger charge is -2.30. The molecule has 18 heavy (non-hydrogen) atoms. The normalized spacial score (nSPS) is 23.3. The summed E-state index contributed by atoms with van der Waals surface area (Å²) in [6, 6.07) is 0.575. The molecule has 1 aliphatic heterocycles. The number of hydrogen-bond donors (Lipinski definition) is 2. The van der Waals surface area contributed by atoms with Crippen LogP contribution < -0.4 is 5.32 Å². The van der Waals surface area contributed by atoms with Crippen LogP contribution in [0.3, 0.4) is 0 Å². The van der Waals surface area contributed by atoms with E-state index in [9.17, 15) is 0 Å². The zero-order chi connectivity index (χ0) is 12.4. The molecule has 2 N–H and O–H groups in total. The third-order valence-electron chi connectivity index (χ3n) is 4.05. The van der Waals surface area contributed by atoms with E-state index >= 15 is 0 Å². The number of aromatic nitrogens is 2. The second kappa shape index (κ2) is 5.41. The maximum absolute atomic E-state index is 4.42. The van der Waals surface area contributed by atoms with Crippen molar-refractivity contribution < 1.29 is 0 Å². The molecule has 100 valence electrons. The summed E-state index contributed by atoms with van der Waals surface area (Å²) in [5, 5.41) is 3.63. The van der Waals surface area contributed by atoms with E-state index in [1.807, 2.05) is 6.33 Å². The van der Waals surface area contributed by atoms with Crippen LogP contribution in [-0.2, 0) is 13.0 Å². The fourth-order valence-corrected chi connectivity index (χ4v) is 2.91. The summed E-state index contributed by atoms with van der Waals surface area (Å²) in [4.78, 5) is 10.3. The second-order valence-corrected chi connectivity index (χ2v) is 5.81. The van der Waals surface area contributed by atoms with Crippen LogP contribution in [0.4, 0.5) is 0 Å². The van der Waals surface area contributed by atoms with Gasteiger partial charge in [-0.3, -0.25) is 0 Å². The number of nitrogens with one attached hydrogen (secondary N) is 2. The first-order valence-electron chi connectivity index (χ1n) is 7.32. The molecule has 1 aliphatic carbocycles. The minimum atomic E-state index is 0.575. The van der Waals surface area contributed by atoms with Gasteiger partial charge in [-0.2, -0.15) is 0 Å². The van der Waals surface area contributed by atoms with Gasteiger partial charge in [0.15, 0.2) is 0 Å². The Morgan fingerprint density at radius 3 is 3.06 bits per heavy atom. The molecule has 0 amide bonds. The topological polar surface area (TPSA) is 44.0 Å². The van der Waals surface area contributed by atoms with Gasteiger partial charge in [-0.15, -0.1) is 0 Å². The number of nitrogens with zero attached hydrogens (tertiary/aromatic N) is 2. The number of imidazole rings is 1. The first kappa shape index (κ1) is 12.2. The molecule has 4 nitrogen and oxygen atoms in total. The van der Waals surface area contributed by atoms with Crippen molar-refractivity contribution in [1.82, 2.24) is 20.2 Å². The highest BCUT2D eigenvalue weighted by molar-refractivity contribution is 5.16. The molecule has 0 bridgehead atoms. The predicted octanol–water partition coefficient (Wildman–Crippen LogP) is 1.55. The first-order valence-corrected chi connectivity index (χ1v) is 7.32. The molecule has 0 aromatic carbocycles.